The molecule has 2 heterocycles. The lowest BCUT2D eigenvalue weighted by Gasteiger charge is -2.39. The largest absolute Gasteiger partial charge is 0.347 e. The summed E-state index contributed by atoms with van der Waals surface area (Å²) in [7, 11) is 0. The van der Waals surface area contributed by atoms with E-state index in [9.17, 15) is 0 Å². The summed E-state index contributed by atoms with van der Waals surface area (Å²) in [6.07, 6.45) is 9.89. The van der Waals surface area contributed by atoms with Gasteiger partial charge in [0.25, 0.3) is 0 Å². The maximum absolute atomic E-state index is 6.35. The molecule has 5 heteroatoms. The Morgan fingerprint density at radius 1 is 1.42 bits per heavy atom. The van der Waals surface area contributed by atoms with Crippen LogP contribution in [0.4, 0.5) is 0 Å². The molecule has 0 N–H and O–H groups in total. The van der Waals surface area contributed by atoms with Crippen LogP contribution in [0.15, 0.2) is 37.1 Å². The van der Waals surface area contributed by atoms with Gasteiger partial charge in [-0.1, -0.05) is 30.3 Å². The Hall–Kier alpha value is -1.88. The van der Waals surface area contributed by atoms with Gasteiger partial charge in [0.2, 0.25) is 0 Å². The second-order valence-electron chi connectivity index (χ2n) is 6.69. The van der Waals surface area contributed by atoms with Crippen molar-refractivity contribution in [2.75, 3.05) is 13.2 Å². The highest BCUT2D eigenvalue weighted by atomic mass is 35.5. The Kier molecular flexibility index (Phi) is 4.74. The molecule has 1 unspecified atom stereocenters. The van der Waals surface area contributed by atoms with E-state index in [0.29, 0.717) is 11.6 Å². The Bertz CT molecular complexity index is 865. The zero-order valence-corrected chi connectivity index (χ0v) is 15.8. The van der Waals surface area contributed by atoms with Gasteiger partial charge in [-0.2, -0.15) is 5.10 Å². The second-order valence-corrected chi connectivity index (χ2v) is 7.10. The Balaban J connectivity index is 1.71. The zero-order valence-electron chi connectivity index (χ0n) is 15.0. The van der Waals surface area contributed by atoms with Crippen LogP contribution in [0, 0.1) is 0 Å². The molecule has 136 valence electrons. The highest BCUT2D eigenvalue weighted by Gasteiger charge is 2.38. The summed E-state index contributed by atoms with van der Waals surface area (Å²) in [6.45, 7) is 7.19. The molecule has 0 amide bonds. The SMILES string of the molecule is C=Cc1ccc(-n2ncc3c2CCC/C3=C\C2(OCC)CCO2)cc1Cl. The molecule has 0 radical (unpaired) electrons. The first-order valence-corrected chi connectivity index (χ1v) is 9.53. The minimum Gasteiger partial charge on any atom is -0.347 e. The van der Waals surface area contributed by atoms with Crippen LogP contribution in [0.3, 0.4) is 0 Å². The molecule has 4 rings (SSSR count). The molecular formula is C21H23ClN2O2. The topological polar surface area (TPSA) is 36.3 Å². The van der Waals surface area contributed by atoms with E-state index in [1.165, 1.54) is 16.8 Å². The predicted molar refractivity (Wildman–Crippen MR) is 105 cm³/mol. The summed E-state index contributed by atoms with van der Waals surface area (Å²) in [5.74, 6) is -0.546. The molecule has 26 heavy (non-hydrogen) atoms. The third kappa shape index (κ3) is 3.02. The number of aromatic nitrogens is 2. The lowest BCUT2D eigenvalue weighted by atomic mass is 9.89. The van der Waals surface area contributed by atoms with Gasteiger partial charge in [0.1, 0.15) is 0 Å². The van der Waals surface area contributed by atoms with Gasteiger partial charge in [-0.05, 0) is 55.5 Å². The number of hydrogen-bond acceptors (Lipinski definition) is 3. The summed E-state index contributed by atoms with van der Waals surface area (Å²) in [5.41, 5.74) is 5.57. The molecule has 1 aromatic carbocycles. The molecule has 1 fully saturated rings. The molecule has 1 atom stereocenters. The number of benzene rings is 1. The van der Waals surface area contributed by atoms with Gasteiger partial charge in [-0.15, -0.1) is 0 Å². The van der Waals surface area contributed by atoms with Crippen molar-refractivity contribution in [1.82, 2.24) is 9.78 Å². The van der Waals surface area contributed by atoms with Crippen LogP contribution in [0.1, 0.15) is 43.0 Å². The van der Waals surface area contributed by atoms with Crippen molar-refractivity contribution < 1.29 is 9.47 Å². The van der Waals surface area contributed by atoms with E-state index in [-0.39, 0.29) is 0 Å². The zero-order chi connectivity index (χ0) is 18.1. The molecule has 1 saturated heterocycles. The lowest BCUT2D eigenvalue weighted by Crippen LogP contribution is -2.44. The predicted octanol–water partition coefficient (Wildman–Crippen LogP) is 5.04. The quantitative estimate of drug-likeness (QED) is 0.739. The van der Waals surface area contributed by atoms with Crippen LogP contribution in [0.5, 0.6) is 0 Å². The number of nitrogens with zero attached hydrogens (tertiary/aromatic N) is 2. The Morgan fingerprint density at radius 2 is 2.27 bits per heavy atom. The number of rotatable bonds is 5. The highest BCUT2D eigenvalue weighted by molar-refractivity contribution is 6.32. The molecule has 0 saturated carbocycles. The number of halogens is 1. The van der Waals surface area contributed by atoms with Crippen LogP contribution in [-0.4, -0.2) is 28.8 Å². The fourth-order valence-corrected chi connectivity index (χ4v) is 3.98. The first kappa shape index (κ1) is 17.5. The molecule has 2 aliphatic rings. The van der Waals surface area contributed by atoms with Gasteiger partial charge < -0.3 is 9.47 Å². The van der Waals surface area contributed by atoms with E-state index in [2.05, 4.69) is 17.8 Å². The summed E-state index contributed by atoms with van der Waals surface area (Å²) in [6, 6.07) is 5.95. The average molecular weight is 371 g/mol. The number of allylic oxidation sites excluding steroid dienone is 1. The number of ether oxygens (including phenoxy) is 2. The van der Waals surface area contributed by atoms with Crippen LogP contribution in [0.25, 0.3) is 17.3 Å². The van der Waals surface area contributed by atoms with E-state index < -0.39 is 5.79 Å². The molecule has 0 spiro atoms. The minimum absolute atomic E-state index is 0.546. The normalized spacial score (nSPS) is 23.5. The molecule has 1 aliphatic heterocycles. The van der Waals surface area contributed by atoms with Gasteiger partial charge >= 0.3 is 0 Å². The van der Waals surface area contributed by atoms with Crippen molar-refractivity contribution in [3.63, 3.8) is 0 Å². The van der Waals surface area contributed by atoms with E-state index in [0.717, 1.165) is 43.5 Å². The highest BCUT2D eigenvalue weighted by Crippen LogP contribution is 2.38. The molecule has 1 aromatic heterocycles. The van der Waals surface area contributed by atoms with E-state index in [1.54, 1.807) is 6.08 Å². The summed E-state index contributed by atoms with van der Waals surface area (Å²) >= 11 is 6.35. The molecule has 0 bridgehead atoms. The van der Waals surface area contributed by atoms with E-state index >= 15 is 0 Å². The fraction of sp³-hybridized carbons (Fsp3) is 0.381. The van der Waals surface area contributed by atoms with Crippen LogP contribution >= 0.6 is 11.6 Å². The van der Waals surface area contributed by atoms with Gasteiger partial charge in [0, 0.05) is 23.6 Å². The van der Waals surface area contributed by atoms with Crippen molar-refractivity contribution in [2.24, 2.45) is 0 Å². The fourth-order valence-electron chi connectivity index (χ4n) is 3.73. The summed E-state index contributed by atoms with van der Waals surface area (Å²) in [5, 5.41) is 5.33. The first-order chi connectivity index (χ1) is 12.7. The second kappa shape index (κ2) is 7.03. The van der Waals surface area contributed by atoms with Crippen LogP contribution in [-0.2, 0) is 15.9 Å². The third-order valence-corrected chi connectivity index (χ3v) is 5.43. The molecule has 1 aliphatic carbocycles. The smallest absolute Gasteiger partial charge is 0.190 e. The van der Waals surface area contributed by atoms with Crippen LogP contribution < -0.4 is 0 Å². The molecular weight excluding hydrogens is 348 g/mol. The number of fused-ring (bicyclic) bond motifs is 1. The van der Waals surface area contributed by atoms with Gasteiger partial charge in [0.15, 0.2) is 5.79 Å². The van der Waals surface area contributed by atoms with Crippen molar-refractivity contribution in [2.45, 2.75) is 38.4 Å². The number of hydrogen-bond donors (Lipinski definition) is 0. The maximum atomic E-state index is 6.35. The summed E-state index contributed by atoms with van der Waals surface area (Å²) in [4.78, 5) is 0. The average Bonchev–Trinajstić information content (AvgIpc) is 3.05. The van der Waals surface area contributed by atoms with Crippen molar-refractivity contribution in [3.05, 3.63) is 58.9 Å². The van der Waals surface area contributed by atoms with Gasteiger partial charge in [0.05, 0.1) is 24.2 Å². The van der Waals surface area contributed by atoms with Crippen LogP contribution in [0.2, 0.25) is 5.02 Å². The third-order valence-electron chi connectivity index (χ3n) is 5.10. The van der Waals surface area contributed by atoms with E-state index in [1.807, 2.05) is 36.0 Å². The van der Waals surface area contributed by atoms with Crippen molar-refractivity contribution >= 4 is 23.3 Å². The Morgan fingerprint density at radius 3 is 2.92 bits per heavy atom. The monoisotopic (exact) mass is 370 g/mol. The van der Waals surface area contributed by atoms with Gasteiger partial charge in [-0.3, -0.25) is 0 Å². The first-order valence-electron chi connectivity index (χ1n) is 9.15. The van der Waals surface area contributed by atoms with Gasteiger partial charge in [-0.25, -0.2) is 4.68 Å². The van der Waals surface area contributed by atoms with Crippen molar-refractivity contribution in [1.29, 1.82) is 0 Å². The lowest BCUT2D eigenvalue weighted by molar-refractivity contribution is -0.273. The maximum Gasteiger partial charge on any atom is 0.190 e. The standard InChI is InChI=1S/C21H23ClN2O2/c1-3-15-8-9-17(12-19(15)22)24-20-7-5-6-16(18(20)14-23-24)13-21(25-4-2)10-11-26-21/h3,8-9,12-14H,1,4-7,10-11H2,2H3/b16-13+. The Labute approximate surface area is 159 Å². The minimum atomic E-state index is -0.546. The summed E-state index contributed by atoms with van der Waals surface area (Å²) < 4.78 is 13.6. The molecule has 2 aromatic rings. The van der Waals surface area contributed by atoms with Crippen molar-refractivity contribution in [3.8, 4) is 5.69 Å². The molecule has 4 nitrogen and oxygen atoms in total. The van der Waals surface area contributed by atoms with E-state index in [4.69, 9.17) is 21.1 Å².